The second-order valence-electron chi connectivity index (χ2n) is 5.11. The molecular formula is C13H19N3O5S. The maximum Gasteiger partial charge on any atom is 0.312 e. The summed E-state index contributed by atoms with van der Waals surface area (Å²) >= 11 is 0. The highest BCUT2D eigenvalue weighted by Gasteiger charge is 2.25. The summed E-state index contributed by atoms with van der Waals surface area (Å²) in [6, 6.07) is 3.40. The molecule has 122 valence electrons. The first-order chi connectivity index (χ1) is 10.4. The van der Waals surface area contributed by atoms with Gasteiger partial charge in [-0.15, -0.1) is 0 Å². The van der Waals surface area contributed by atoms with Crippen LogP contribution in [-0.4, -0.2) is 39.6 Å². The molecule has 1 fully saturated rings. The van der Waals surface area contributed by atoms with E-state index >= 15 is 0 Å². The number of benzene rings is 1. The van der Waals surface area contributed by atoms with E-state index in [1.807, 2.05) is 0 Å². The number of nitro benzene ring substituents is 1. The Bertz CT molecular complexity index is 639. The fourth-order valence-corrected chi connectivity index (χ4v) is 3.68. The number of rotatable bonds is 5. The molecule has 0 amide bonds. The Labute approximate surface area is 129 Å². The minimum atomic E-state index is -3.81. The molecule has 0 aromatic heterocycles. The Balaban J connectivity index is 2.25. The van der Waals surface area contributed by atoms with Gasteiger partial charge in [0.2, 0.25) is 10.0 Å². The molecule has 1 aromatic rings. The van der Waals surface area contributed by atoms with Crippen LogP contribution in [0.2, 0.25) is 0 Å². The lowest BCUT2D eigenvalue weighted by Crippen LogP contribution is -2.40. The van der Waals surface area contributed by atoms with E-state index in [1.165, 1.54) is 19.2 Å². The van der Waals surface area contributed by atoms with E-state index in [-0.39, 0.29) is 22.4 Å². The highest BCUT2D eigenvalue weighted by molar-refractivity contribution is 7.89. The molecule has 0 aliphatic carbocycles. The topological polar surface area (TPSA) is 111 Å². The average molecular weight is 329 g/mol. The maximum absolute atomic E-state index is 12.4. The van der Waals surface area contributed by atoms with Gasteiger partial charge >= 0.3 is 5.69 Å². The predicted octanol–water partition coefficient (Wildman–Crippen LogP) is 1.02. The predicted molar refractivity (Wildman–Crippen MR) is 80.5 cm³/mol. The van der Waals surface area contributed by atoms with Gasteiger partial charge in [-0.05, 0) is 31.5 Å². The number of ether oxygens (including phenoxy) is 1. The van der Waals surface area contributed by atoms with Crippen molar-refractivity contribution < 1.29 is 18.1 Å². The van der Waals surface area contributed by atoms with Crippen LogP contribution in [0, 0.1) is 10.1 Å². The Morgan fingerprint density at radius 3 is 2.86 bits per heavy atom. The Morgan fingerprint density at radius 2 is 2.18 bits per heavy atom. The Kier molecular flexibility index (Phi) is 5.33. The van der Waals surface area contributed by atoms with E-state index in [0.717, 1.165) is 31.9 Å². The van der Waals surface area contributed by atoms with Crippen LogP contribution in [0.3, 0.4) is 0 Å². The summed E-state index contributed by atoms with van der Waals surface area (Å²) in [7, 11) is -2.51. The minimum Gasteiger partial charge on any atom is -0.490 e. The Hall–Kier alpha value is -1.71. The fraction of sp³-hybridized carbons (Fsp3) is 0.538. The molecule has 8 nitrogen and oxygen atoms in total. The third kappa shape index (κ3) is 3.93. The first-order valence-electron chi connectivity index (χ1n) is 6.99. The number of nitro groups is 1. The standard InChI is InChI=1S/C13H19N3O5S/c1-21-13-6-5-11(8-12(13)16(17)18)22(19,20)15-10-4-2-3-7-14-9-10/h5-6,8,10,14-15H,2-4,7,9H2,1H3. The number of nitrogens with zero attached hydrogens (tertiary/aromatic N) is 1. The molecule has 22 heavy (non-hydrogen) atoms. The van der Waals surface area contributed by atoms with Crippen molar-refractivity contribution in [1.82, 2.24) is 10.0 Å². The van der Waals surface area contributed by atoms with Crippen LogP contribution in [-0.2, 0) is 10.0 Å². The van der Waals surface area contributed by atoms with Gasteiger partial charge in [0.15, 0.2) is 5.75 Å². The van der Waals surface area contributed by atoms with Crippen LogP contribution >= 0.6 is 0 Å². The highest BCUT2D eigenvalue weighted by atomic mass is 32.2. The molecule has 2 rings (SSSR count). The molecule has 0 saturated carbocycles. The van der Waals surface area contributed by atoms with Crippen LogP contribution in [0.25, 0.3) is 0 Å². The maximum atomic E-state index is 12.4. The monoisotopic (exact) mass is 329 g/mol. The van der Waals surface area contributed by atoms with Gasteiger partial charge in [-0.3, -0.25) is 10.1 Å². The summed E-state index contributed by atoms with van der Waals surface area (Å²) in [6.45, 7) is 1.42. The molecule has 1 aliphatic heterocycles. The van der Waals surface area contributed by atoms with E-state index < -0.39 is 14.9 Å². The van der Waals surface area contributed by atoms with Crippen molar-refractivity contribution in [3.05, 3.63) is 28.3 Å². The average Bonchev–Trinajstić information content (AvgIpc) is 2.74. The van der Waals surface area contributed by atoms with Gasteiger partial charge in [-0.1, -0.05) is 6.42 Å². The molecular weight excluding hydrogens is 310 g/mol. The first-order valence-corrected chi connectivity index (χ1v) is 8.48. The minimum absolute atomic E-state index is 0.0279. The van der Waals surface area contributed by atoms with Crippen LogP contribution in [0.1, 0.15) is 19.3 Å². The molecule has 1 atom stereocenters. The summed E-state index contributed by atoms with van der Waals surface area (Å²) in [6.07, 6.45) is 2.68. The molecule has 0 radical (unpaired) electrons. The lowest BCUT2D eigenvalue weighted by atomic mass is 10.2. The number of nitrogens with one attached hydrogen (secondary N) is 2. The summed E-state index contributed by atoms with van der Waals surface area (Å²) in [5, 5.41) is 14.2. The molecule has 2 N–H and O–H groups in total. The number of sulfonamides is 1. The molecule has 1 aromatic carbocycles. The van der Waals surface area contributed by atoms with Crippen molar-refractivity contribution in [2.75, 3.05) is 20.2 Å². The van der Waals surface area contributed by atoms with E-state index in [4.69, 9.17) is 4.74 Å². The highest BCUT2D eigenvalue weighted by Crippen LogP contribution is 2.29. The van der Waals surface area contributed by atoms with Gasteiger partial charge in [0.1, 0.15) is 0 Å². The van der Waals surface area contributed by atoms with Gasteiger partial charge in [0, 0.05) is 18.7 Å². The largest absolute Gasteiger partial charge is 0.490 e. The molecule has 9 heteroatoms. The zero-order valence-electron chi connectivity index (χ0n) is 12.2. The molecule has 1 aliphatic rings. The first kappa shape index (κ1) is 16.7. The van der Waals surface area contributed by atoms with Gasteiger partial charge in [-0.2, -0.15) is 0 Å². The zero-order valence-corrected chi connectivity index (χ0v) is 13.1. The molecule has 1 heterocycles. The molecule has 1 unspecified atom stereocenters. The molecule has 1 saturated heterocycles. The van der Waals surface area contributed by atoms with Crippen molar-refractivity contribution in [3.63, 3.8) is 0 Å². The number of methoxy groups -OCH3 is 1. The normalized spacial score (nSPS) is 19.4. The lowest BCUT2D eigenvalue weighted by Gasteiger charge is -2.16. The van der Waals surface area contributed by atoms with Crippen molar-refractivity contribution in [3.8, 4) is 5.75 Å². The van der Waals surface area contributed by atoms with E-state index in [0.29, 0.717) is 6.54 Å². The fourth-order valence-electron chi connectivity index (χ4n) is 2.39. The zero-order chi connectivity index (χ0) is 16.2. The summed E-state index contributed by atoms with van der Waals surface area (Å²) in [4.78, 5) is 10.2. The van der Waals surface area contributed by atoms with Crippen molar-refractivity contribution in [2.45, 2.75) is 30.2 Å². The third-order valence-corrected chi connectivity index (χ3v) is 5.04. The number of hydrogen-bond acceptors (Lipinski definition) is 6. The summed E-state index contributed by atoms with van der Waals surface area (Å²) < 4.78 is 32.2. The summed E-state index contributed by atoms with van der Waals surface area (Å²) in [5.74, 6) is 0.0279. The van der Waals surface area contributed by atoms with Crippen molar-refractivity contribution >= 4 is 15.7 Å². The van der Waals surface area contributed by atoms with Gasteiger partial charge < -0.3 is 10.1 Å². The van der Waals surface area contributed by atoms with Crippen LogP contribution < -0.4 is 14.8 Å². The van der Waals surface area contributed by atoms with Crippen molar-refractivity contribution in [2.24, 2.45) is 0 Å². The van der Waals surface area contributed by atoms with E-state index in [2.05, 4.69) is 10.0 Å². The van der Waals surface area contributed by atoms with E-state index in [9.17, 15) is 18.5 Å². The Morgan fingerprint density at radius 1 is 1.41 bits per heavy atom. The molecule has 0 spiro atoms. The van der Waals surface area contributed by atoms with Crippen LogP contribution in [0.4, 0.5) is 5.69 Å². The van der Waals surface area contributed by atoms with E-state index in [1.54, 1.807) is 0 Å². The SMILES string of the molecule is COc1ccc(S(=O)(=O)NC2CCCCNC2)cc1[N+](=O)[O-]. The number of hydrogen-bond donors (Lipinski definition) is 2. The second-order valence-corrected chi connectivity index (χ2v) is 6.82. The van der Waals surface area contributed by atoms with Gasteiger partial charge in [-0.25, -0.2) is 13.1 Å². The summed E-state index contributed by atoms with van der Waals surface area (Å²) in [5.41, 5.74) is -0.371. The van der Waals surface area contributed by atoms with Crippen LogP contribution in [0.15, 0.2) is 23.1 Å². The second kappa shape index (κ2) is 7.03. The lowest BCUT2D eigenvalue weighted by molar-refractivity contribution is -0.386. The smallest absolute Gasteiger partial charge is 0.312 e. The third-order valence-electron chi connectivity index (χ3n) is 3.53. The van der Waals surface area contributed by atoms with Crippen LogP contribution in [0.5, 0.6) is 5.75 Å². The van der Waals surface area contributed by atoms with Crippen molar-refractivity contribution in [1.29, 1.82) is 0 Å². The quantitative estimate of drug-likeness (QED) is 0.616. The van der Waals surface area contributed by atoms with Gasteiger partial charge in [0.05, 0.1) is 16.9 Å². The molecule has 0 bridgehead atoms. The van der Waals surface area contributed by atoms with Gasteiger partial charge in [0.25, 0.3) is 0 Å².